The molecule has 2 atom stereocenters. The molecule has 2 aromatic carbocycles. The highest BCUT2D eigenvalue weighted by molar-refractivity contribution is 6.00. The highest BCUT2D eigenvalue weighted by Gasteiger charge is 2.37. The number of aryl methyl sites for hydroxylation is 1. The van der Waals surface area contributed by atoms with Gasteiger partial charge in [-0.05, 0) is 37.0 Å². The van der Waals surface area contributed by atoms with E-state index in [4.69, 9.17) is 4.74 Å². The number of benzene rings is 2. The average molecular weight is 451 g/mol. The van der Waals surface area contributed by atoms with Gasteiger partial charge in [0.25, 0.3) is 5.91 Å². The van der Waals surface area contributed by atoms with E-state index in [1.807, 2.05) is 31.2 Å². The number of nitrogens with one attached hydrogen (secondary N) is 1. The molecule has 33 heavy (non-hydrogen) atoms. The largest absolute Gasteiger partial charge is 0.454 e. The van der Waals surface area contributed by atoms with Crippen LogP contribution in [0.2, 0.25) is 0 Å². The number of amides is 2. The van der Waals surface area contributed by atoms with Crippen LogP contribution >= 0.6 is 0 Å². The van der Waals surface area contributed by atoms with Crippen LogP contribution in [-0.2, 0) is 19.7 Å². The maximum atomic E-state index is 12.6. The summed E-state index contributed by atoms with van der Waals surface area (Å²) in [4.78, 5) is 50.0. The number of hydrazine groups is 1. The van der Waals surface area contributed by atoms with Gasteiger partial charge >= 0.3 is 5.97 Å². The van der Waals surface area contributed by atoms with Crippen molar-refractivity contribution < 1.29 is 23.9 Å². The first-order valence-corrected chi connectivity index (χ1v) is 11.0. The molecule has 2 amide bonds. The van der Waals surface area contributed by atoms with E-state index in [-0.39, 0.29) is 30.1 Å². The molecule has 2 unspecified atom stereocenters. The summed E-state index contributed by atoms with van der Waals surface area (Å²) in [7, 11) is 0. The highest BCUT2D eigenvalue weighted by atomic mass is 16.5. The smallest absolute Gasteiger partial charge is 0.312 e. The van der Waals surface area contributed by atoms with Gasteiger partial charge in [-0.15, -0.1) is 0 Å². The van der Waals surface area contributed by atoms with Crippen LogP contribution in [0.15, 0.2) is 48.5 Å². The Kier molecular flexibility index (Phi) is 7.01. The molecule has 174 valence electrons. The van der Waals surface area contributed by atoms with Gasteiger partial charge in [-0.25, -0.2) is 0 Å². The van der Waals surface area contributed by atoms with Gasteiger partial charge in [0, 0.05) is 17.5 Å². The molecule has 1 aliphatic rings. The zero-order chi connectivity index (χ0) is 24.3. The van der Waals surface area contributed by atoms with E-state index in [1.165, 1.54) is 6.92 Å². The second-order valence-corrected chi connectivity index (χ2v) is 9.48. The quantitative estimate of drug-likeness (QED) is 0.536. The molecule has 1 N–H and O–H groups in total. The number of rotatable bonds is 6. The van der Waals surface area contributed by atoms with Crippen molar-refractivity contribution in [3.05, 3.63) is 70.8 Å². The SMILES string of the molecule is Cc1ccc(C(=O)C(C)OC(=O)C2CC(=O)N(NC(=O)c3ccc(C(C)(C)C)cc3)C2)cc1. The topological polar surface area (TPSA) is 92.8 Å². The normalized spacial score (nSPS) is 16.9. The van der Waals surface area contributed by atoms with Gasteiger partial charge in [0.15, 0.2) is 6.10 Å². The second-order valence-electron chi connectivity index (χ2n) is 9.48. The lowest BCUT2D eigenvalue weighted by Crippen LogP contribution is -2.43. The van der Waals surface area contributed by atoms with Crippen molar-refractivity contribution in [3.8, 4) is 0 Å². The van der Waals surface area contributed by atoms with E-state index in [0.717, 1.165) is 16.1 Å². The van der Waals surface area contributed by atoms with Crippen LogP contribution in [0.4, 0.5) is 0 Å². The Morgan fingerprint density at radius 2 is 1.58 bits per heavy atom. The van der Waals surface area contributed by atoms with Crippen molar-refractivity contribution in [2.45, 2.75) is 52.6 Å². The summed E-state index contributed by atoms with van der Waals surface area (Å²) >= 11 is 0. The summed E-state index contributed by atoms with van der Waals surface area (Å²) in [6, 6.07) is 14.2. The number of nitrogens with zero attached hydrogens (tertiary/aromatic N) is 1. The molecule has 1 heterocycles. The van der Waals surface area contributed by atoms with Crippen LogP contribution in [0.3, 0.4) is 0 Å². The van der Waals surface area contributed by atoms with Gasteiger partial charge in [-0.2, -0.15) is 0 Å². The summed E-state index contributed by atoms with van der Waals surface area (Å²) in [5.41, 5.74) is 5.51. The van der Waals surface area contributed by atoms with Crippen LogP contribution in [0.1, 0.15) is 66.0 Å². The minimum absolute atomic E-state index is 0.00504. The molecule has 1 aliphatic heterocycles. The number of carbonyl (C=O) groups is 4. The molecule has 0 aliphatic carbocycles. The molecule has 2 aromatic rings. The van der Waals surface area contributed by atoms with Crippen LogP contribution in [0.5, 0.6) is 0 Å². The van der Waals surface area contributed by atoms with Gasteiger partial charge in [-0.1, -0.05) is 62.7 Å². The van der Waals surface area contributed by atoms with Crippen molar-refractivity contribution in [1.82, 2.24) is 10.4 Å². The molecule has 0 bridgehead atoms. The lowest BCUT2D eigenvalue weighted by atomic mass is 9.87. The first-order valence-electron chi connectivity index (χ1n) is 11.0. The molecule has 0 saturated carbocycles. The molecule has 1 saturated heterocycles. The average Bonchev–Trinajstić information content (AvgIpc) is 3.13. The van der Waals surface area contributed by atoms with Crippen molar-refractivity contribution in [1.29, 1.82) is 0 Å². The Labute approximate surface area is 194 Å². The first-order chi connectivity index (χ1) is 15.5. The third-order valence-corrected chi connectivity index (χ3v) is 5.71. The number of ether oxygens (including phenoxy) is 1. The van der Waals surface area contributed by atoms with Gasteiger partial charge in [-0.3, -0.25) is 29.6 Å². The lowest BCUT2D eigenvalue weighted by Gasteiger charge is -2.20. The maximum Gasteiger partial charge on any atom is 0.312 e. The summed E-state index contributed by atoms with van der Waals surface area (Å²) < 4.78 is 5.33. The molecule has 7 heteroatoms. The molecule has 0 aromatic heterocycles. The van der Waals surface area contributed by atoms with E-state index in [2.05, 4.69) is 26.2 Å². The standard InChI is InChI=1S/C26H30N2O5/c1-16-6-8-18(9-7-16)23(30)17(2)33-25(32)20-14-22(29)28(15-20)27-24(31)19-10-12-21(13-11-19)26(3,4)5/h6-13,17,20H,14-15H2,1-5H3,(H,27,31). The summed E-state index contributed by atoms with van der Waals surface area (Å²) in [6.07, 6.45) is -1.06. The highest BCUT2D eigenvalue weighted by Crippen LogP contribution is 2.23. The third kappa shape index (κ3) is 5.86. The Bertz CT molecular complexity index is 1050. The van der Waals surface area contributed by atoms with Crippen LogP contribution in [0, 0.1) is 12.8 Å². The molecule has 3 rings (SSSR count). The van der Waals surface area contributed by atoms with E-state index in [1.54, 1.807) is 24.3 Å². The van der Waals surface area contributed by atoms with Crippen LogP contribution < -0.4 is 5.43 Å². The van der Waals surface area contributed by atoms with E-state index >= 15 is 0 Å². The van der Waals surface area contributed by atoms with Gasteiger partial charge in [0.1, 0.15) is 0 Å². The fourth-order valence-corrected chi connectivity index (χ4v) is 3.56. The fraction of sp³-hybridized carbons (Fsp3) is 0.385. The number of hydrogen-bond donors (Lipinski definition) is 1. The van der Waals surface area contributed by atoms with Gasteiger partial charge < -0.3 is 4.74 Å². The zero-order valence-corrected chi connectivity index (χ0v) is 19.7. The second kappa shape index (κ2) is 9.57. The first kappa shape index (κ1) is 24.2. The van der Waals surface area contributed by atoms with Crippen molar-refractivity contribution in [2.75, 3.05) is 6.54 Å². The Morgan fingerprint density at radius 3 is 2.15 bits per heavy atom. The molecule has 0 radical (unpaired) electrons. The van der Waals surface area contributed by atoms with E-state index in [9.17, 15) is 19.2 Å². The fourth-order valence-electron chi connectivity index (χ4n) is 3.56. The van der Waals surface area contributed by atoms with E-state index in [0.29, 0.717) is 11.1 Å². The molecule has 7 nitrogen and oxygen atoms in total. The predicted octanol–water partition coefficient (Wildman–Crippen LogP) is 3.60. The molecular formula is C26H30N2O5. The number of carbonyl (C=O) groups excluding carboxylic acids is 4. The lowest BCUT2D eigenvalue weighted by molar-refractivity contribution is -0.151. The van der Waals surface area contributed by atoms with Crippen molar-refractivity contribution >= 4 is 23.6 Å². The Morgan fingerprint density at radius 1 is 1.00 bits per heavy atom. The summed E-state index contributed by atoms with van der Waals surface area (Å²) in [5, 5.41) is 1.14. The van der Waals surface area contributed by atoms with Gasteiger partial charge in [0.05, 0.1) is 12.5 Å². The van der Waals surface area contributed by atoms with Crippen LogP contribution in [0.25, 0.3) is 0 Å². The molecule has 0 spiro atoms. The summed E-state index contributed by atoms with van der Waals surface area (Å²) in [6.45, 7) is 9.67. The molecular weight excluding hydrogens is 420 g/mol. The third-order valence-electron chi connectivity index (χ3n) is 5.71. The zero-order valence-electron chi connectivity index (χ0n) is 19.7. The number of ketones is 1. The maximum absolute atomic E-state index is 12.6. The number of Topliss-reactive ketones (excluding diaryl/α,β-unsaturated/α-hetero) is 1. The number of hydrogen-bond acceptors (Lipinski definition) is 5. The predicted molar refractivity (Wildman–Crippen MR) is 123 cm³/mol. The monoisotopic (exact) mass is 450 g/mol. The van der Waals surface area contributed by atoms with Crippen LogP contribution in [-0.4, -0.2) is 41.2 Å². The van der Waals surface area contributed by atoms with Gasteiger partial charge in [0.2, 0.25) is 11.7 Å². The number of esters is 1. The van der Waals surface area contributed by atoms with Crippen molar-refractivity contribution in [3.63, 3.8) is 0 Å². The minimum atomic E-state index is -0.972. The van der Waals surface area contributed by atoms with Crippen molar-refractivity contribution in [2.24, 2.45) is 5.92 Å². The Balaban J connectivity index is 1.56. The summed E-state index contributed by atoms with van der Waals surface area (Å²) in [5.74, 6) is -2.51. The molecule has 1 fully saturated rings. The Hall–Kier alpha value is -3.48. The van der Waals surface area contributed by atoms with E-state index < -0.39 is 23.9 Å². The minimum Gasteiger partial charge on any atom is -0.454 e.